The predicted molar refractivity (Wildman–Crippen MR) is 475 cm³/mol. The van der Waals surface area contributed by atoms with E-state index in [2.05, 4.69) is 360 Å². The van der Waals surface area contributed by atoms with Gasteiger partial charge in [-0.3, -0.25) is 0 Å². The monoisotopic (exact) mass is 1510 g/mol. The van der Waals surface area contributed by atoms with Crippen molar-refractivity contribution in [2.45, 2.75) is 39.9 Å². The molecule has 1 aliphatic heterocycles. The summed E-state index contributed by atoms with van der Waals surface area (Å²) in [4.78, 5) is 30.1. The van der Waals surface area contributed by atoms with Gasteiger partial charge in [-0.1, -0.05) is 353 Å². The molecule has 2 spiro atoms. The van der Waals surface area contributed by atoms with E-state index >= 15 is 0 Å². The maximum absolute atomic E-state index is 7.15. The van der Waals surface area contributed by atoms with Crippen molar-refractivity contribution in [1.29, 1.82) is 0 Å². The highest BCUT2D eigenvalue weighted by Gasteiger charge is 2.55. The lowest BCUT2D eigenvalue weighted by atomic mass is 9.55. The molecule has 0 bridgehead atoms. The van der Waals surface area contributed by atoms with Crippen molar-refractivity contribution in [1.82, 2.24) is 24.9 Å². The molecule has 0 amide bonds. The van der Waals surface area contributed by atoms with E-state index in [-0.39, 0.29) is 0 Å². The largest absolute Gasteiger partial charge is 0.456 e. The van der Waals surface area contributed by atoms with E-state index in [4.69, 9.17) is 29.3 Å². The first-order valence-electron chi connectivity index (χ1n) is 39.7. The minimum atomic E-state index is -0.751. The SMILES string of the molecule is CC1(C)c2ccccc2C2(c3ccccc3-c3c(-c4ccc(-c5nc(-c6ccc(-c7ccccc7)cc6)cc(-c6cccc7sc8ccc9c(c8c67)Sc6ccccc6C96c7ccccc7-c7ccccc76)n5)cc4)cccc32)c2ccc3oc4cccc(-c5nc(-c6ccccc6)nc(-c6cccc(-c7ccccc7)c6)n5)c4c3c21. The second-order valence-electron chi connectivity index (χ2n) is 31.5. The molecule has 4 aromatic heterocycles. The van der Waals surface area contributed by atoms with E-state index in [1.54, 1.807) is 0 Å². The molecule has 24 rings (SSSR count). The molecule has 6 nitrogen and oxygen atoms in total. The van der Waals surface area contributed by atoms with Gasteiger partial charge in [0.1, 0.15) is 11.2 Å². The van der Waals surface area contributed by atoms with Crippen molar-refractivity contribution >= 4 is 65.2 Å². The first kappa shape index (κ1) is 66.6. The van der Waals surface area contributed by atoms with Gasteiger partial charge in [-0.15, -0.1) is 11.3 Å². The fraction of sp³-hybridized carbons (Fsp3) is 0.0463. The molecular weight excluding hydrogens is 1450 g/mol. The summed E-state index contributed by atoms with van der Waals surface area (Å²) in [5.41, 5.74) is 31.6. The third-order valence-corrected chi connectivity index (χ3v) is 27.4. The van der Waals surface area contributed by atoms with Crippen LogP contribution in [0.2, 0.25) is 0 Å². The van der Waals surface area contributed by atoms with Crippen LogP contribution in [0, 0.1) is 0 Å². The highest BCUT2D eigenvalue weighted by molar-refractivity contribution is 7.99. The molecule has 0 fully saturated rings. The molecule has 3 aliphatic carbocycles. The number of furan rings is 1. The summed E-state index contributed by atoms with van der Waals surface area (Å²) in [6, 6.07) is 135. The number of aromatic nitrogens is 5. The van der Waals surface area contributed by atoms with Gasteiger partial charge in [0.25, 0.3) is 0 Å². The average molecular weight is 1510 g/mol. The summed E-state index contributed by atoms with van der Waals surface area (Å²) in [5.74, 6) is 2.40. The Morgan fingerprint density at radius 2 is 0.716 bits per heavy atom. The molecule has 116 heavy (non-hydrogen) atoms. The summed E-state index contributed by atoms with van der Waals surface area (Å²) in [7, 11) is 0. The van der Waals surface area contributed by atoms with Gasteiger partial charge in [0.05, 0.1) is 22.2 Å². The zero-order chi connectivity index (χ0) is 76.5. The summed E-state index contributed by atoms with van der Waals surface area (Å²) in [5, 5.41) is 4.49. The molecule has 1 atom stereocenters. The molecule has 5 heterocycles. The fourth-order valence-corrected chi connectivity index (χ4v) is 22.8. The van der Waals surface area contributed by atoms with E-state index in [9.17, 15) is 0 Å². The third-order valence-electron chi connectivity index (χ3n) is 25.1. The highest BCUT2D eigenvalue weighted by atomic mass is 32.2. The molecule has 0 radical (unpaired) electrons. The highest BCUT2D eigenvalue weighted by Crippen LogP contribution is 2.67. The molecule has 8 heteroatoms. The second-order valence-corrected chi connectivity index (χ2v) is 33.6. The van der Waals surface area contributed by atoms with Gasteiger partial charge >= 0.3 is 0 Å². The van der Waals surface area contributed by atoms with Crippen LogP contribution >= 0.6 is 23.1 Å². The van der Waals surface area contributed by atoms with E-state index in [1.165, 1.54) is 113 Å². The molecule has 20 aromatic rings. The summed E-state index contributed by atoms with van der Waals surface area (Å²) < 4.78 is 9.62. The van der Waals surface area contributed by atoms with Gasteiger partial charge in [-0.05, 0) is 154 Å². The molecule has 4 aliphatic rings. The first-order valence-corrected chi connectivity index (χ1v) is 41.3. The minimum absolute atomic E-state index is 0.518. The summed E-state index contributed by atoms with van der Waals surface area (Å²) in [6.45, 7) is 4.80. The summed E-state index contributed by atoms with van der Waals surface area (Å²) in [6.07, 6.45) is 0. The fourth-order valence-electron chi connectivity index (χ4n) is 20.2. The van der Waals surface area contributed by atoms with Crippen LogP contribution in [0.25, 0.3) is 166 Å². The van der Waals surface area contributed by atoms with Crippen molar-refractivity contribution in [2.75, 3.05) is 0 Å². The zero-order valence-corrected chi connectivity index (χ0v) is 64.8. The van der Waals surface area contributed by atoms with Crippen LogP contribution in [0.4, 0.5) is 0 Å². The molecule has 0 saturated heterocycles. The Hall–Kier alpha value is -14.0. The van der Waals surface area contributed by atoms with Crippen LogP contribution in [0.3, 0.4) is 0 Å². The lowest BCUT2D eigenvalue weighted by Crippen LogP contribution is -2.40. The number of thiophene rings is 1. The van der Waals surface area contributed by atoms with Crippen molar-refractivity contribution < 1.29 is 4.42 Å². The Bertz CT molecular complexity index is 7470. The van der Waals surface area contributed by atoms with Crippen LogP contribution in [0.1, 0.15) is 69.5 Å². The van der Waals surface area contributed by atoms with E-state index < -0.39 is 16.2 Å². The molecule has 0 N–H and O–H groups in total. The van der Waals surface area contributed by atoms with Crippen LogP contribution in [-0.2, 0) is 16.2 Å². The lowest BCUT2D eigenvalue weighted by Gasteiger charge is -2.47. The zero-order valence-electron chi connectivity index (χ0n) is 63.2. The Labute approximate surface area is 678 Å². The topological polar surface area (TPSA) is 77.6 Å². The second kappa shape index (κ2) is 25.5. The van der Waals surface area contributed by atoms with Gasteiger partial charge < -0.3 is 4.42 Å². The van der Waals surface area contributed by atoms with Gasteiger partial charge in [-0.2, -0.15) is 0 Å². The maximum atomic E-state index is 7.15. The smallest absolute Gasteiger partial charge is 0.164 e. The molecule has 1 unspecified atom stereocenters. The van der Waals surface area contributed by atoms with Gasteiger partial charge in [0.15, 0.2) is 23.3 Å². The Morgan fingerprint density at radius 3 is 1.46 bits per heavy atom. The number of fused-ring (bicyclic) bond motifs is 26. The van der Waals surface area contributed by atoms with Gasteiger partial charge in [0.2, 0.25) is 0 Å². The van der Waals surface area contributed by atoms with Crippen molar-refractivity contribution in [3.8, 4) is 124 Å². The van der Waals surface area contributed by atoms with Gasteiger partial charge in [-0.25, -0.2) is 24.9 Å². The van der Waals surface area contributed by atoms with Crippen molar-refractivity contribution in [3.63, 3.8) is 0 Å². The number of benzene rings is 16. The Balaban J connectivity index is 0.670. The van der Waals surface area contributed by atoms with Crippen LogP contribution < -0.4 is 0 Å². The average Bonchev–Trinajstić information content (AvgIpc) is 1.41. The van der Waals surface area contributed by atoms with Gasteiger partial charge in [0, 0.05) is 79.5 Å². The quantitative estimate of drug-likeness (QED) is 0.142. The molecule has 16 aromatic carbocycles. The maximum Gasteiger partial charge on any atom is 0.164 e. The number of nitrogens with zero attached hydrogens (tertiary/aromatic N) is 5. The number of rotatable bonds is 9. The normalized spacial score (nSPS) is 14.8. The molecular formula is C108H67N5OS2. The number of hydrogen-bond acceptors (Lipinski definition) is 8. The van der Waals surface area contributed by atoms with E-state index in [0.717, 1.165) is 94.5 Å². The molecule has 542 valence electrons. The van der Waals surface area contributed by atoms with E-state index in [1.807, 2.05) is 47.4 Å². The Kier molecular flexibility index (Phi) is 14.6. The van der Waals surface area contributed by atoms with Crippen LogP contribution in [-0.4, -0.2) is 24.9 Å². The van der Waals surface area contributed by atoms with Crippen LogP contribution in [0.15, 0.2) is 384 Å². The minimum Gasteiger partial charge on any atom is -0.456 e. The first-order chi connectivity index (χ1) is 57.2. The lowest BCUT2D eigenvalue weighted by molar-refractivity contribution is 0.567. The van der Waals surface area contributed by atoms with Crippen molar-refractivity contribution in [2.24, 2.45) is 0 Å². The van der Waals surface area contributed by atoms with Crippen LogP contribution in [0.5, 0.6) is 0 Å². The summed E-state index contributed by atoms with van der Waals surface area (Å²) >= 11 is 3.78. The number of hydrogen-bond donors (Lipinski definition) is 0. The molecule has 0 saturated carbocycles. The standard InChI is InChI=1S/C108H67N5OS2/c1-106(2)82-43-18-19-44-83(82)108(86-58-60-91-98(100(86)106)96-78(39-24-47-90(96)114-91)105-112-103(69-30-10-5-11-31-69)111-104(113-105)72-33-22-32-71(62-72)65-28-8-4-9-29-65)81-42-17-14-36-76(81)95-73(37-23-46-85(95)108)67-52-56-70(57-53-67)102-109-88(68-54-50-66(51-55-68)64-26-6-3-7-27-64)63-89(110-102)77-38-25-49-93-97(77)99-94(115-93)61-59-87-101(99)116-92-48-21-20-45-84(92)107(87)79-40-15-12-34-74(79)75-35-13-16-41-80(75)107/h3-63H,1-2H3. The predicted octanol–water partition coefficient (Wildman–Crippen LogP) is 27.8. The third kappa shape index (κ3) is 9.63. The van der Waals surface area contributed by atoms with Crippen molar-refractivity contribution in [3.05, 3.63) is 426 Å². The van der Waals surface area contributed by atoms with E-state index in [0.29, 0.717) is 23.3 Å². The Morgan fingerprint density at radius 1 is 0.250 bits per heavy atom.